The van der Waals surface area contributed by atoms with Crippen LogP contribution in [-0.2, 0) is 9.59 Å². The van der Waals surface area contributed by atoms with Gasteiger partial charge in [-0.05, 0) is 12.8 Å². The van der Waals surface area contributed by atoms with Gasteiger partial charge >= 0.3 is 5.97 Å². The fraction of sp³-hybridized carbons (Fsp3) is 0.800. The molecule has 1 amide bonds. The van der Waals surface area contributed by atoms with Gasteiger partial charge in [0.25, 0.3) is 0 Å². The first-order chi connectivity index (χ1) is 6.47. The molecular weight excluding hydrogens is 182 g/mol. The monoisotopic (exact) mass is 201 g/mol. The fourth-order valence-electron chi connectivity index (χ4n) is 1.27. The molecule has 0 aliphatic carbocycles. The first-order valence-electron chi connectivity index (χ1n) is 4.99. The Bertz CT molecular complexity index is 204. The van der Waals surface area contributed by atoms with Crippen molar-refractivity contribution in [3.05, 3.63) is 0 Å². The zero-order chi connectivity index (χ0) is 11.1. The van der Waals surface area contributed by atoms with Gasteiger partial charge in [-0.2, -0.15) is 0 Å². The summed E-state index contributed by atoms with van der Waals surface area (Å²) in [7, 11) is 0. The molecule has 82 valence electrons. The number of carboxylic acid groups (broad SMARTS) is 1. The molecule has 0 spiro atoms. The van der Waals surface area contributed by atoms with E-state index >= 15 is 0 Å². The smallest absolute Gasteiger partial charge is 0.325 e. The molecule has 0 saturated carbocycles. The van der Waals surface area contributed by atoms with Crippen molar-refractivity contribution in [3.63, 3.8) is 0 Å². The van der Waals surface area contributed by atoms with E-state index in [1.165, 1.54) is 6.92 Å². The van der Waals surface area contributed by atoms with Crippen molar-refractivity contribution < 1.29 is 14.7 Å². The van der Waals surface area contributed by atoms with Gasteiger partial charge in [-0.25, -0.2) is 0 Å². The van der Waals surface area contributed by atoms with Gasteiger partial charge in [0, 0.05) is 6.42 Å². The maximum Gasteiger partial charge on any atom is 0.325 e. The summed E-state index contributed by atoms with van der Waals surface area (Å²) in [6.45, 7) is 5.52. The van der Waals surface area contributed by atoms with Crippen LogP contribution in [0.15, 0.2) is 0 Å². The maximum absolute atomic E-state index is 11.3. The van der Waals surface area contributed by atoms with Crippen molar-refractivity contribution in [1.82, 2.24) is 5.32 Å². The van der Waals surface area contributed by atoms with Crippen LogP contribution in [0.5, 0.6) is 0 Å². The minimum absolute atomic E-state index is 0.180. The number of rotatable bonds is 6. The van der Waals surface area contributed by atoms with E-state index in [9.17, 15) is 9.59 Å². The van der Waals surface area contributed by atoms with Crippen LogP contribution in [0.1, 0.15) is 40.0 Å². The van der Waals surface area contributed by atoms with Crippen molar-refractivity contribution in [2.24, 2.45) is 5.92 Å². The number of hydrogen-bond acceptors (Lipinski definition) is 2. The highest BCUT2D eigenvalue weighted by Gasteiger charge is 2.15. The fourth-order valence-corrected chi connectivity index (χ4v) is 1.27. The molecule has 0 bridgehead atoms. The standard InChI is InChI=1S/C10H19NO3/c1-4-5-7(2)6-9(12)11-8(3)10(13)14/h7-8H,4-6H2,1-3H3,(H,11,12)(H,13,14)/t7?,8-/m1/s1. The van der Waals surface area contributed by atoms with Gasteiger partial charge in [0.05, 0.1) is 0 Å². The number of amides is 1. The molecule has 1 unspecified atom stereocenters. The summed E-state index contributed by atoms with van der Waals surface area (Å²) in [5, 5.41) is 11.0. The molecule has 14 heavy (non-hydrogen) atoms. The van der Waals surface area contributed by atoms with Crippen molar-refractivity contribution >= 4 is 11.9 Å². The average Bonchev–Trinajstić information content (AvgIpc) is 2.03. The Balaban J connectivity index is 3.80. The number of aliphatic carboxylic acids is 1. The quantitative estimate of drug-likeness (QED) is 0.682. The molecule has 0 rings (SSSR count). The van der Waals surface area contributed by atoms with Crippen LogP contribution in [0, 0.1) is 5.92 Å². The van der Waals surface area contributed by atoms with E-state index in [0.29, 0.717) is 12.3 Å². The Morgan fingerprint density at radius 2 is 1.93 bits per heavy atom. The number of hydrogen-bond donors (Lipinski definition) is 2. The van der Waals surface area contributed by atoms with Gasteiger partial charge in [0.15, 0.2) is 0 Å². The molecule has 0 saturated heterocycles. The number of carbonyl (C=O) groups excluding carboxylic acids is 1. The SMILES string of the molecule is CCCC(C)CC(=O)N[C@H](C)C(=O)O. The second-order valence-corrected chi connectivity index (χ2v) is 3.73. The Kier molecular flexibility index (Phi) is 5.92. The minimum atomic E-state index is -0.999. The normalized spacial score (nSPS) is 14.5. The van der Waals surface area contributed by atoms with Gasteiger partial charge in [0.1, 0.15) is 6.04 Å². The largest absolute Gasteiger partial charge is 0.480 e. The Hall–Kier alpha value is -1.06. The van der Waals surface area contributed by atoms with Crippen LogP contribution < -0.4 is 5.32 Å². The topological polar surface area (TPSA) is 66.4 Å². The molecule has 0 radical (unpaired) electrons. The van der Waals surface area contributed by atoms with Gasteiger partial charge in [-0.3, -0.25) is 9.59 Å². The molecule has 0 aromatic rings. The van der Waals surface area contributed by atoms with E-state index in [1.807, 2.05) is 6.92 Å². The predicted octanol–water partition coefficient (Wildman–Crippen LogP) is 1.40. The molecule has 0 heterocycles. The summed E-state index contributed by atoms with van der Waals surface area (Å²) in [6, 6.07) is -0.795. The van der Waals surface area contributed by atoms with Crippen LogP contribution in [0.2, 0.25) is 0 Å². The highest BCUT2D eigenvalue weighted by molar-refractivity contribution is 5.83. The molecular formula is C10H19NO3. The van der Waals surface area contributed by atoms with E-state index in [4.69, 9.17) is 5.11 Å². The minimum Gasteiger partial charge on any atom is -0.480 e. The predicted molar refractivity (Wildman–Crippen MR) is 53.9 cm³/mol. The number of carboxylic acids is 1. The summed E-state index contributed by atoms with van der Waals surface area (Å²) in [5.74, 6) is -0.858. The molecule has 0 aromatic carbocycles. The Morgan fingerprint density at radius 3 is 2.36 bits per heavy atom. The lowest BCUT2D eigenvalue weighted by molar-refractivity contribution is -0.141. The average molecular weight is 201 g/mol. The van der Waals surface area contributed by atoms with Gasteiger partial charge in [-0.1, -0.05) is 26.7 Å². The van der Waals surface area contributed by atoms with Crippen molar-refractivity contribution in [2.45, 2.75) is 46.1 Å². The summed E-state index contributed by atoms with van der Waals surface area (Å²) in [5.41, 5.74) is 0. The molecule has 0 aliphatic heterocycles. The highest BCUT2D eigenvalue weighted by Crippen LogP contribution is 2.09. The lowest BCUT2D eigenvalue weighted by Gasteiger charge is -2.12. The van der Waals surface area contributed by atoms with Gasteiger partial charge < -0.3 is 10.4 Å². The lowest BCUT2D eigenvalue weighted by Crippen LogP contribution is -2.38. The summed E-state index contributed by atoms with van der Waals surface area (Å²) >= 11 is 0. The van der Waals surface area contributed by atoms with E-state index in [2.05, 4.69) is 12.2 Å². The molecule has 0 aliphatic rings. The van der Waals surface area contributed by atoms with Gasteiger partial charge in [-0.15, -0.1) is 0 Å². The van der Waals surface area contributed by atoms with Crippen molar-refractivity contribution in [1.29, 1.82) is 0 Å². The summed E-state index contributed by atoms with van der Waals surface area (Å²) < 4.78 is 0. The third-order valence-electron chi connectivity index (χ3n) is 2.06. The van der Waals surface area contributed by atoms with E-state index in [-0.39, 0.29) is 5.91 Å². The maximum atomic E-state index is 11.3. The van der Waals surface area contributed by atoms with Crippen LogP contribution in [-0.4, -0.2) is 23.0 Å². The molecule has 2 atom stereocenters. The molecule has 2 N–H and O–H groups in total. The van der Waals surface area contributed by atoms with Crippen LogP contribution in [0.4, 0.5) is 0 Å². The molecule has 4 nitrogen and oxygen atoms in total. The Morgan fingerprint density at radius 1 is 1.36 bits per heavy atom. The van der Waals surface area contributed by atoms with Crippen molar-refractivity contribution in [3.8, 4) is 0 Å². The second-order valence-electron chi connectivity index (χ2n) is 3.73. The Labute approximate surface area is 84.7 Å². The van der Waals surface area contributed by atoms with Crippen LogP contribution in [0.25, 0.3) is 0 Å². The number of nitrogens with one attached hydrogen (secondary N) is 1. The zero-order valence-electron chi connectivity index (χ0n) is 9.04. The molecule has 0 aromatic heterocycles. The third-order valence-corrected chi connectivity index (χ3v) is 2.06. The second kappa shape index (κ2) is 6.40. The lowest BCUT2D eigenvalue weighted by atomic mass is 10.0. The molecule has 4 heteroatoms. The number of carbonyl (C=O) groups is 2. The third kappa shape index (κ3) is 5.56. The van der Waals surface area contributed by atoms with Crippen molar-refractivity contribution in [2.75, 3.05) is 0 Å². The summed E-state index contributed by atoms with van der Waals surface area (Å²) in [6.07, 6.45) is 2.45. The highest BCUT2D eigenvalue weighted by atomic mass is 16.4. The van der Waals surface area contributed by atoms with E-state index in [0.717, 1.165) is 12.8 Å². The first-order valence-corrected chi connectivity index (χ1v) is 4.99. The first kappa shape index (κ1) is 12.9. The van der Waals surface area contributed by atoms with Crippen LogP contribution in [0.3, 0.4) is 0 Å². The van der Waals surface area contributed by atoms with Crippen LogP contribution >= 0.6 is 0 Å². The zero-order valence-corrected chi connectivity index (χ0v) is 9.04. The molecule has 0 fully saturated rings. The van der Waals surface area contributed by atoms with E-state index in [1.54, 1.807) is 0 Å². The van der Waals surface area contributed by atoms with Gasteiger partial charge in [0.2, 0.25) is 5.91 Å². The van der Waals surface area contributed by atoms with E-state index < -0.39 is 12.0 Å². The summed E-state index contributed by atoms with van der Waals surface area (Å²) in [4.78, 5) is 21.7.